The van der Waals surface area contributed by atoms with Crippen LogP contribution in [0.1, 0.15) is 33.2 Å². The summed E-state index contributed by atoms with van der Waals surface area (Å²) >= 11 is 1.60. The summed E-state index contributed by atoms with van der Waals surface area (Å²) in [5.74, 6) is 0.767. The Morgan fingerprint density at radius 2 is 1.50 bits per heavy atom. The van der Waals surface area contributed by atoms with Crippen molar-refractivity contribution in [1.82, 2.24) is 0 Å². The SMILES string of the molecule is CC(=O)c1ccc(OC(=O)c2ccccc2SCc2ccccc2)cc1. The van der Waals surface area contributed by atoms with Crippen LogP contribution in [0.25, 0.3) is 0 Å². The molecule has 0 radical (unpaired) electrons. The van der Waals surface area contributed by atoms with Gasteiger partial charge in [-0.15, -0.1) is 11.8 Å². The molecule has 0 aliphatic carbocycles. The summed E-state index contributed by atoms with van der Waals surface area (Å²) in [6.07, 6.45) is 0. The van der Waals surface area contributed by atoms with Gasteiger partial charge < -0.3 is 4.74 Å². The first kappa shape index (κ1) is 18.0. The molecule has 0 saturated carbocycles. The summed E-state index contributed by atoms with van der Waals surface area (Å²) in [6, 6.07) is 24.1. The second kappa shape index (κ2) is 8.50. The van der Waals surface area contributed by atoms with E-state index in [1.54, 1.807) is 42.1 Å². The first-order valence-electron chi connectivity index (χ1n) is 8.22. The second-order valence-corrected chi connectivity index (χ2v) is 6.76. The lowest BCUT2D eigenvalue weighted by molar-refractivity contribution is 0.0731. The van der Waals surface area contributed by atoms with Crippen molar-refractivity contribution in [1.29, 1.82) is 0 Å². The molecule has 3 nitrogen and oxygen atoms in total. The Kier molecular flexibility index (Phi) is 5.87. The summed E-state index contributed by atoms with van der Waals surface area (Å²) in [5.41, 5.74) is 2.31. The van der Waals surface area contributed by atoms with Crippen LogP contribution in [0, 0.1) is 0 Å². The highest BCUT2D eigenvalue weighted by Crippen LogP contribution is 2.27. The van der Waals surface area contributed by atoms with Gasteiger partial charge in [-0.05, 0) is 48.9 Å². The zero-order valence-electron chi connectivity index (χ0n) is 14.3. The summed E-state index contributed by atoms with van der Waals surface area (Å²) in [4.78, 5) is 24.8. The minimum atomic E-state index is -0.406. The van der Waals surface area contributed by atoms with Gasteiger partial charge in [-0.25, -0.2) is 4.79 Å². The van der Waals surface area contributed by atoms with Gasteiger partial charge in [0, 0.05) is 16.2 Å². The molecule has 3 rings (SSSR count). The fraction of sp³-hybridized carbons (Fsp3) is 0.0909. The molecular formula is C22H18O3S. The standard InChI is InChI=1S/C22H18O3S/c1-16(23)18-11-13-19(14-12-18)25-22(24)20-9-5-6-10-21(20)26-15-17-7-3-2-4-8-17/h2-14H,15H2,1H3. The Bertz CT molecular complexity index is 902. The smallest absolute Gasteiger partial charge is 0.344 e. The third-order valence-electron chi connectivity index (χ3n) is 3.82. The molecule has 26 heavy (non-hydrogen) atoms. The van der Waals surface area contributed by atoms with Crippen molar-refractivity contribution in [2.24, 2.45) is 0 Å². The lowest BCUT2D eigenvalue weighted by atomic mass is 10.1. The molecule has 0 amide bonds. The van der Waals surface area contributed by atoms with E-state index in [9.17, 15) is 9.59 Å². The van der Waals surface area contributed by atoms with Crippen LogP contribution in [0.4, 0.5) is 0 Å². The van der Waals surface area contributed by atoms with Crippen molar-refractivity contribution >= 4 is 23.5 Å². The van der Waals surface area contributed by atoms with E-state index in [2.05, 4.69) is 12.1 Å². The van der Waals surface area contributed by atoms with Gasteiger partial charge in [0.05, 0.1) is 5.56 Å². The maximum absolute atomic E-state index is 12.6. The van der Waals surface area contributed by atoms with E-state index in [0.717, 1.165) is 10.6 Å². The molecule has 0 heterocycles. The van der Waals surface area contributed by atoms with Crippen LogP contribution in [-0.4, -0.2) is 11.8 Å². The Balaban J connectivity index is 1.72. The second-order valence-electron chi connectivity index (χ2n) is 5.74. The molecule has 0 atom stereocenters. The molecule has 130 valence electrons. The first-order chi connectivity index (χ1) is 12.6. The molecule has 4 heteroatoms. The number of hydrogen-bond donors (Lipinski definition) is 0. The maximum atomic E-state index is 12.6. The van der Waals surface area contributed by atoms with Crippen LogP contribution in [0.3, 0.4) is 0 Å². The predicted molar refractivity (Wildman–Crippen MR) is 104 cm³/mol. The molecule has 0 N–H and O–H groups in total. The largest absolute Gasteiger partial charge is 0.423 e. The minimum absolute atomic E-state index is 0.0227. The number of carbonyl (C=O) groups excluding carboxylic acids is 2. The molecular weight excluding hydrogens is 344 g/mol. The first-order valence-corrected chi connectivity index (χ1v) is 9.21. The third-order valence-corrected chi connectivity index (χ3v) is 4.96. The number of hydrogen-bond acceptors (Lipinski definition) is 4. The number of thioether (sulfide) groups is 1. The van der Waals surface area contributed by atoms with Crippen molar-refractivity contribution < 1.29 is 14.3 Å². The van der Waals surface area contributed by atoms with Crippen LogP contribution in [0.2, 0.25) is 0 Å². The lowest BCUT2D eigenvalue weighted by Gasteiger charge is -2.09. The van der Waals surface area contributed by atoms with Gasteiger partial charge in [-0.1, -0.05) is 42.5 Å². The van der Waals surface area contributed by atoms with E-state index in [0.29, 0.717) is 16.9 Å². The molecule has 0 aliphatic rings. The predicted octanol–water partition coefficient (Wildman–Crippen LogP) is 5.40. The number of Topliss-reactive ketones (excluding diaryl/α,β-unsaturated/α-hetero) is 1. The minimum Gasteiger partial charge on any atom is -0.423 e. The molecule has 3 aromatic carbocycles. The van der Waals surface area contributed by atoms with E-state index >= 15 is 0 Å². The van der Waals surface area contributed by atoms with Gasteiger partial charge in [-0.3, -0.25) is 4.79 Å². The van der Waals surface area contributed by atoms with E-state index in [-0.39, 0.29) is 5.78 Å². The highest BCUT2D eigenvalue weighted by molar-refractivity contribution is 7.98. The number of carbonyl (C=O) groups is 2. The van der Waals surface area contributed by atoms with E-state index in [1.165, 1.54) is 12.5 Å². The van der Waals surface area contributed by atoms with Crippen molar-refractivity contribution in [3.05, 3.63) is 95.6 Å². The van der Waals surface area contributed by atoms with Gasteiger partial charge in [-0.2, -0.15) is 0 Å². The van der Waals surface area contributed by atoms with E-state index in [4.69, 9.17) is 4.74 Å². The van der Waals surface area contributed by atoms with Crippen LogP contribution >= 0.6 is 11.8 Å². The molecule has 0 spiro atoms. The average Bonchev–Trinajstić information content (AvgIpc) is 2.68. The van der Waals surface area contributed by atoms with Gasteiger partial charge >= 0.3 is 5.97 Å². The van der Waals surface area contributed by atoms with Gasteiger partial charge in [0.15, 0.2) is 5.78 Å². The number of ketones is 1. The summed E-state index contributed by atoms with van der Waals surface area (Å²) in [6.45, 7) is 1.50. The molecule has 0 bridgehead atoms. The topological polar surface area (TPSA) is 43.4 Å². The molecule has 0 aliphatic heterocycles. The lowest BCUT2D eigenvalue weighted by Crippen LogP contribution is -2.10. The zero-order chi connectivity index (χ0) is 18.4. The Hall–Kier alpha value is -2.85. The number of ether oxygens (including phenoxy) is 1. The van der Waals surface area contributed by atoms with E-state index < -0.39 is 5.97 Å². The zero-order valence-corrected chi connectivity index (χ0v) is 15.2. The number of benzene rings is 3. The average molecular weight is 362 g/mol. The number of esters is 1. The third kappa shape index (κ3) is 4.61. The molecule has 3 aromatic rings. The molecule has 0 aromatic heterocycles. The van der Waals surface area contributed by atoms with Crippen molar-refractivity contribution in [3.63, 3.8) is 0 Å². The van der Waals surface area contributed by atoms with Crippen LogP contribution < -0.4 is 4.74 Å². The molecule has 0 saturated heterocycles. The molecule has 0 fully saturated rings. The Morgan fingerprint density at radius 3 is 2.19 bits per heavy atom. The summed E-state index contributed by atoms with van der Waals surface area (Å²) in [7, 11) is 0. The quantitative estimate of drug-likeness (QED) is 0.255. The van der Waals surface area contributed by atoms with Crippen LogP contribution in [-0.2, 0) is 5.75 Å². The molecule has 0 unspecified atom stereocenters. The fourth-order valence-corrected chi connectivity index (χ4v) is 3.41. The highest BCUT2D eigenvalue weighted by Gasteiger charge is 2.14. The Morgan fingerprint density at radius 1 is 0.846 bits per heavy atom. The highest BCUT2D eigenvalue weighted by atomic mass is 32.2. The van der Waals surface area contributed by atoms with Gasteiger partial charge in [0.2, 0.25) is 0 Å². The van der Waals surface area contributed by atoms with Crippen molar-refractivity contribution in [3.8, 4) is 5.75 Å². The summed E-state index contributed by atoms with van der Waals surface area (Å²) in [5, 5.41) is 0. The normalized spacial score (nSPS) is 10.3. The van der Waals surface area contributed by atoms with E-state index in [1.807, 2.05) is 36.4 Å². The maximum Gasteiger partial charge on any atom is 0.344 e. The van der Waals surface area contributed by atoms with Crippen LogP contribution in [0.15, 0.2) is 83.8 Å². The number of rotatable bonds is 6. The van der Waals surface area contributed by atoms with Gasteiger partial charge in [0.1, 0.15) is 5.75 Å². The Labute approximate surface area is 157 Å². The van der Waals surface area contributed by atoms with Gasteiger partial charge in [0.25, 0.3) is 0 Å². The van der Waals surface area contributed by atoms with Crippen LogP contribution in [0.5, 0.6) is 5.75 Å². The fourth-order valence-electron chi connectivity index (χ4n) is 2.42. The summed E-state index contributed by atoms with van der Waals surface area (Å²) < 4.78 is 5.46. The monoisotopic (exact) mass is 362 g/mol. The van der Waals surface area contributed by atoms with Crippen molar-refractivity contribution in [2.45, 2.75) is 17.6 Å². The van der Waals surface area contributed by atoms with Crippen molar-refractivity contribution in [2.75, 3.05) is 0 Å².